The van der Waals surface area contributed by atoms with Crippen LogP contribution in [-0.2, 0) is 4.74 Å². The average molecular weight is 248 g/mol. The fraction of sp³-hybridized carbons (Fsp3) is 0.455. The zero-order chi connectivity index (χ0) is 13.0. The number of ether oxygens (including phenoxy) is 1. The molecule has 0 unspecified atom stereocenters. The second kappa shape index (κ2) is 5.48. The summed E-state index contributed by atoms with van der Waals surface area (Å²) in [6.45, 7) is 0.814. The zero-order valence-corrected chi connectivity index (χ0v) is 9.60. The van der Waals surface area contributed by atoms with Crippen molar-refractivity contribution in [1.82, 2.24) is 0 Å². The highest BCUT2D eigenvalue weighted by molar-refractivity contribution is 5.36. The van der Waals surface area contributed by atoms with Crippen molar-refractivity contribution in [3.8, 4) is 0 Å². The van der Waals surface area contributed by atoms with Crippen LogP contribution < -0.4 is 0 Å². The molecule has 0 amide bonds. The molecule has 0 aromatic heterocycles. The number of nitro benzene ring substituents is 1. The zero-order valence-electron chi connectivity index (χ0n) is 9.60. The third-order valence-corrected chi connectivity index (χ3v) is 2.98. The number of benzene rings is 1. The van der Waals surface area contributed by atoms with E-state index >= 15 is 0 Å². The molecule has 94 valence electrons. The highest BCUT2D eigenvalue weighted by Crippen LogP contribution is 2.31. The maximum absolute atomic E-state index is 10.7. The van der Waals surface area contributed by atoms with Gasteiger partial charge in [-0.25, -0.2) is 0 Å². The van der Waals surface area contributed by atoms with Gasteiger partial charge in [0.25, 0.3) is 5.69 Å². The molecule has 7 nitrogen and oxygen atoms in total. The van der Waals surface area contributed by atoms with E-state index < -0.39 is 4.92 Å². The molecular formula is C11H12N4O3. The van der Waals surface area contributed by atoms with Crippen molar-refractivity contribution < 1.29 is 9.66 Å². The number of non-ortho nitro benzene ring substituents is 1. The van der Waals surface area contributed by atoms with Gasteiger partial charge in [-0.15, -0.1) is 0 Å². The second-order valence-electron chi connectivity index (χ2n) is 4.15. The smallest absolute Gasteiger partial charge is 0.269 e. The molecule has 0 saturated carbocycles. The van der Waals surface area contributed by atoms with Crippen molar-refractivity contribution >= 4 is 5.69 Å². The molecule has 1 aromatic rings. The Morgan fingerprint density at radius 3 is 3.17 bits per heavy atom. The third-order valence-electron chi connectivity index (χ3n) is 2.98. The van der Waals surface area contributed by atoms with Gasteiger partial charge in [0.2, 0.25) is 0 Å². The van der Waals surface area contributed by atoms with Gasteiger partial charge >= 0.3 is 0 Å². The number of hydrogen-bond acceptors (Lipinski definition) is 4. The molecule has 1 aliphatic heterocycles. The lowest BCUT2D eigenvalue weighted by molar-refractivity contribution is -0.384. The number of nitrogens with zero attached hydrogens (tertiary/aromatic N) is 4. The topological polar surface area (TPSA) is 101 Å². The van der Waals surface area contributed by atoms with Crippen LogP contribution in [0.15, 0.2) is 29.4 Å². The van der Waals surface area contributed by atoms with E-state index in [0.29, 0.717) is 13.2 Å². The van der Waals surface area contributed by atoms with Gasteiger partial charge in [0, 0.05) is 23.0 Å². The summed E-state index contributed by atoms with van der Waals surface area (Å²) in [7, 11) is 0. The monoisotopic (exact) mass is 248 g/mol. The van der Waals surface area contributed by atoms with Crippen molar-refractivity contribution in [1.29, 1.82) is 0 Å². The quantitative estimate of drug-likeness (QED) is 0.269. The minimum absolute atomic E-state index is 0.0889. The molecule has 0 radical (unpaired) electrons. The van der Waals surface area contributed by atoms with Crippen LogP contribution in [0.1, 0.15) is 17.9 Å². The Bertz CT molecular complexity index is 499. The maximum atomic E-state index is 10.7. The van der Waals surface area contributed by atoms with Gasteiger partial charge in [-0.1, -0.05) is 17.2 Å². The Morgan fingerprint density at radius 1 is 1.61 bits per heavy atom. The first-order valence-corrected chi connectivity index (χ1v) is 5.57. The molecule has 0 aliphatic carbocycles. The molecule has 1 aliphatic rings. The van der Waals surface area contributed by atoms with Gasteiger partial charge in [-0.05, 0) is 17.5 Å². The Balaban J connectivity index is 2.07. The summed E-state index contributed by atoms with van der Waals surface area (Å²) in [4.78, 5) is 13.0. The van der Waals surface area contributed by atoms with Crippen LogP contribution in [0.25, 0.3) is 10.4 Å². The van der Waals surface area contributed by atoms with Gasteiger partial charge in [-0.3, -0.25) is 10.1 Å². The Morgan fingerprint density at radius 2 is 2.44 bits per heavy atom. The van der Waals surface area contributed by atoms with E-state index in [1.165, 1.54) is 6.07 Å². The Labute approximate surface area is 103 Å². The van der Waals surface area contributed by atoms with Crippen LogP contribution in [-0.4, -0.2) is 24.2 Å². The standard InChI is InChI=1S/C11H12N4O3/c12-14-13-6-11-5-9(7-18-11)8-2-1-3-10(4-8)15(16)17/h1-4,9,11H,5-7H2/t9-,11-/m0/s1. The largest absolute Gasteiger partial charge is 0.377 e. The summed E-state index contributed by atoms with van der Waals surface area (Å²) >= 11 is 0. The first-order chi connectivity index (χ1) is 8.70. The van der Waals surface area contributed by atoms with Gasteiger partial charge in [0.15, 0.2) is 0 Å². The first kappa shape index (κ1) is 12.3. The van der Waals surface area contributed by atoms with E-state index in [9.17, 15) is 10.1 Å². The van der Waals surface area contributed by atoms with Gasteiger partial charge in [0.1, 0.15) is 0 Å². The molecule has 2 rings (SSSR count). The Kier molecular flexibility index (Phi) is 3.76. The van der Waals surface area contributed by atoms with Crippen molar-refractivity contribution in [3.05, 3.63) is 50.4 Å². The van der Waals surface area contributed by atoms with Crippen LogP contribution in [0.5, 0.6) is 0 Å². The lowest BCUT2D eigenvalue weighted by Gasteiger charge is -2.07. The van der Waals surface area contributed by atoms with Crippen molar-refractivity contribution in [2.75, 3.05) is 13.2 Å². The normalized spacial score (nSPS) is 22.4. The highest BCUT2D eigenvalue weighted by atomic mass is 16.6. The molecule has 0 spiro atoms. The van der Waals surface area contributed by atoms with Gasteiger partial charge in [0.05, 0.1) is 24.2 Å². The molecule has 1 aromatic carbocycles. The second-order valence-corrected chi connectivity index (χ2v) is 4.15. The molecule has 0 bridgehead atoms. The van der Waals surface area contributed by atoms with E-state index in [-0.39, 0.29) is 17.7 Å². The maximum Gasteiger partial charge on any atom is 0.269 e. The van der Waals surface area contributed by atoms with Crippen LogP contribution in [0, 0.1) is 10.1 Å². The SMILES string of the molecule is [N-]=[N+]=NC[C@@H]1C[C@H](c2cccc([N+](=O)[O-])c2)CO1. The molecule has 1 fully saturated rings. The highest BCUT2D eigenvalue weighted by Gasteiger charge is 2.26. The van der Waals surface area contributed by atoms with Gasteiger partial charge in [-0.2, -0.15) is 0 Å². The summed E-state index contributed by atoms with van der Waals surface area (Å²) in [6.07, 6.45) is 0.630. The summed E-state index contributed by atoms with van der Waals surface area (Å²) in [6, 6.07) is 6.58. The minimum Gasteiger partial charge on any atom is -0.377 e. The summed E-state index contributed by atoms with van der Waals surface area (Å²) in [5.41, 5.74) is 9.22. The van der Waals surface area contributed by atoms with Crippen LogP contribution in [0.4, 0.5) is 5.69 Å². The molecular weight excluding hydrogens is 236 g/mol. The third kappa shape index (κ3) is 2.77. The summed E-state index contributed by atoms with van der Waals surface area (Å²) in [5, 5.41) is 14.2. The van der Waals surface area contributed by atoms with Crippen LogP contribution in [0.3, 0.4) is 0 Å². The Hall–Kier alpha value is -2.11. The van der Waals surface area contributed by atoms with E-state index in [0.717, 1.165) is 12.0 Å². The average Bonchev–Trinajstić information content (AvgIpc) is 2.85. The predicted molar refractivity (Wildman–Crippen MR) is 64.2 cm³/mol. The first-order valence-electron chi connectivity index (χ1n) is 5.57. The summed E-state index contributed by atoms with van der Waals surface area (Å²) < 4.78 is 5.49. The number of azide groups is 1. The van der Waals surface area contributed by atoms with Gasteiger partial charge < -0.3 is 4.74 Å². The minimum atomic E-state index is -0.406. The fourth-order valence-corrected chi connectivity index (χ4v) is 2.09. The molecule has 0 N–H and O–H groups in total. The molecule has 1 saturated heterocycles. The summed E-state index contributed by atoms with van der Waals surface area (Å²) in [5.74, 6) is 0.129. The van der Waals surface area contributed by atoms with Crippen molar-refractivity contribution in [2.45, 2.75) is 18.4 Å². The van der Waals surface area contributed by atoms with Crippen molar-refractivity contribution in [3.63, 3.8) is 0 Å². The van der Waals surface area contributed by atoms with E-state index in [2.05, 4.69) is 10.0 Å². The number of rotatable bonds is 4. The predicted octanol–water partition coefficient (Wildman–Crippen LogP) is 2.78. The lowest BCUT2D eigenvalue weighted by atomic mass is 9.96. The van der Waals surface area contributed by atoms with E-state index in [4.69, 9.17) is 10.3 Å². The van der Waals surface area contributed by atoms with E-state index in [1.807, 2.05) is 6.07 Å². The molecule has 1 heterocycles. The van der Waals surface area contributed by atoms with Crippen molar-refractivity contribution in [2.24, 2.45) is 5.11 Å². The lowest BCUT2D eigenvalue weighted by Crippen LogP contribution is -2.08. The van der Waals surface area contributed by atoms with Crippen LogP contribution >= 0.6 is 0 Å². The molecule has 7 heteroatoms. The van der Waals surface area contributed by atoms with Crippen LogP contribution in [0.2, 0.25) is 0 Å². The fourth-order valence-electron chi connectivity index (χ4n) is 2.09. The number of nitro groups is 1. The van der Waals surface area contributed by atoms with E-state index in [1.54, 1.807) is 12.1 Å². The number of hydrogen-bond donors (Lipinski definition) is 0. The molecule has 2 atom stereocenters. The molecule has 18 heavy (non-hydrogen) atoms.